The first kappa shape index (κ1) is 25.8. The third-order valence-corrected chi connectivity index (χ3v) is 8.73. The summed E-state index contributed by atoms with van der Waals surface area (Å²) in [6, 6.07) is 6.31. The summed E-state index contributed by atoms with van der Waals surface area (Å²) in [5.41, 5.74) is 1.79. The first-order valence-corrected chi connectivity index (χ1v) is 12.8. The normalized spacial score (nSPS) is 19.4. The molecule has 0 fully saturated rings. The Labute approximate surface area is 203 Å². The summed E-state index contributed by atoms with van der Waals surface area (Å²) in [6.45, 7) is 12.1. The van der Waals surface area contributed by atoms with Crippen molar-refractivity contribution in [2.24, 2.45) is 5.92 Å². The molecule has 2 heterocycles. The zero-order chi connectivity index (χ0) is 24.6. The van der Waals surface area contributed by atoms with Crippen LogP contribution in [0.5, 0.6) is 0 Å². The van der Waals surface area contributed by atoms with Crippen LogP contribution in [0.2, 0.25) is 0 Å². The predicted molar refractivity (Wildman–Crippen MR) is 132 cm³/mol. The molecule has 0 saturated carbocycles. The highest BCUT2D eigenvalue weighted by atomic mass is 32.2. The molecule has 1 aliphatic rings. The molecule has 0 amide bonds. The Balaban J connectivity index is 1.89. The van der Waals surface area contributed by atoms with Crippen molar-refractivity contribution in [3.63, 3.8) is 0 Å². The molecule has 7 heteroatoms. The Hall–Kier alpha value is -1.83. The van der Waals surface area contributed by atoms with Crippen LogP contribution in [0.25, 0.3) is 0 Å². The second-order valence-corrected chi connectivity index (χ2v) is 12.5. The summed E-state index contributed by atoms with van der Waals surface area (Å²) in [7, 11) is 0. The van der Waals surface area contributed by atoms with E-state index in [0.29, 0.717) is 12.8 Å². The lowest BCUT2D eigenvalue weighted by molar-refractivity contribution is -0.164. The summed E-state index contributed by atoms with van der Waals surface area (Å²) in [4.78, 5) is 14.4. The van der Waals surface area contributed by atoms with Gasteiger partial charge in [0, 0.05) is 11.3 Å². The van der Waals surface area contributed by atoms with Crippen LogP contribution in [-0.2, 0) is 28.0 Å². The van der Waals surface area contributed by atoms with Crippen LogP contribution in [0.4, 0.5) is 4.39 Å². The van der Waals surface area contributed by atoms with Gasteiger partial charge in [-0.2, -0.15) is 0 Å². The fraction of sp³-hybridized carbons (Fsp3) is 0.500. The van der Waals surface area contributed by atoms with E-state index in [9.17, 15) is 19.4 Å². The van der Waals surface area contributed by atoms with Crippen molar-refractivity contribution < 1.29 is 24.1 Å². The van der Waals surface area contributed by atoms with Gasteiger partial charge in [0.25, 0.3) is 0 Å². The number of rotatable bonds is 7. The van der Waals surface area contributed by atoms with Gasteiger partial charge in [-0.25, -0.2) is 9.18 Å². The van der Waals surface area contributed by atoms with E-state index in [1.54, 1.807) is 12.1 Å². The molecule has 1 aliphatic heterocycles. The van der Waals surface area contributed by atoms with Gasteiger partial charge in [-0.3, -0.25) is 0 Å². The maximum atomic E-state index is 13.2. The molecule has 1 unspecified atom stereocenters. The molecule has 0 saturated heterocycles. The molecule has 0 bridgehead atoms. The number of carbonyl (C=O) groups is 1. The number of thiophene rings is 1. The fourth-order valence-corrected chi connectivity index (χ4v) is 7.19. The molecule has 0 radical (unpaired) electrons. The SMILES string of the molecule is Cc1sc(SC2=C(O)CC(CCc3ccc(F)cc3)(C(C)C)OC2=O)c(C(C)(C)C)c1CO. The molecule has 1 atom stereocenters. The van der Waals surface area contributed by atoms with Crippen LogP contribution in [0.15, 0.2) is 39.1 Å². The maximum Gasteiger partial charge on any atom is 0.349 e. The summed E-state index contributed by atoms with van der Waals surface area (Å²) >= 11 is 2.76. The van der Waals surface area contributed by atoms with Gasteiger partial charge in [-0.05, 0) is 59.9 Å². The number of aliphatic hydroxyl groups is 2. The van der Waals surface area contributed by atoms with E-state index in [4.69, 9.17) is 4.74 Å². The second kappa shape index (κ2) is 9.80. The van der Waals surface area contributed by atoms with Crippen molar-refractivity contribution in [2.75, 3.05) is 0 Å². The number of esters is 1. The van der Waals surface area contributed by atoms with Crippen LogP contribution < -0.4 is 0 Å². The van der Waals surface area contributed by atoms with E-state index < -0.39 is 11.6 Å². The molecular formula is C26H33FO4S2. The molecular weight excluding hydrogens is 459 g/mol. The second-order valence-electron chi connectivity index (χ2n) is 10.00. The largest absolute Gasteiger partial charge is 0.511 e. The van der Waals surface area contributed by atoms with Gasteiger partial charge in [-0.1, -0.05) is 58.5 Å². The van der Waals surface area contributed by atoms with Gasteiger partial charge in [0.15, 0.2) is 0 Å². The number of aryl methyl sites for hydroxylation is 2. The highest BCUT2D eigenvalue weighted by molar-refractivity contribution is 8.05. The van der Waals surface area contributed by atoms with Crippen molar-refractivity contribution in [2.45, 2.75) is 82.6 Å². The molecule has 33 heavy (non-hydrogen) atoms. The number of hydrogen-bond acceptors (Lipinski definition) is 6. The topological polar surface area (TPSA) is 66.8 Å². The van der Waals surface area contributed by atoms with E-state index in [0.717, 1.165) is 25.8 Å². The van der Waals surface area contributed by atoms with E-state index in [2.05, 4.69) is 20.8 Å². The standard InChI is InChI=1S/C26H33FO4S2/c1-15(2)26(12-11-17-7-9-18(27)10-8-17)13-20(29)22(23(30)31-26)33-24-21(25(4,5)6)19(14-28)16(3)32-24/h7-10,15,28-29H,11-14H2,1-6H3. The third kappa shape index (κ3) is 5.47. The molecule has 2 N–H and O–H groups in total. The lowest BCUT2D eigenvalue weighted by Gasteiger charge is -2.40. The molecule has 2 aromatic rings. The number of benzene rings is 1. The Morgan fingerprint density at radius 2 is 1.88 bits per heavy atom. The predicted octanol–water partition coefficient (Wildman–Crippen LogP) is 6.82. The molecule has 0 spiro atoms. The van der Waals surface area contributed by atoms with Gasteiger partial charge in [0.1, 0.15) is 22.1 Å². The Bertz CT molecular complexity index is 1050. The monoisotopic (exact) mass is 492 g/mol. The van der Waals surface area contributed by atoms with Crippen molar-refractivity contribution in [1.82, 2.24) is 0 Å². The maximum absolute atomic E-state index is 13.2. The number of thioether (sulfide) groups is 1. The molecule has 3 rings (SSSR count). The first-order valence-electron chi connectivity index (χ1n) is 11.2. The van der Waals surface area contributed by atoms with Crippen LogP contribution in [0.3, 0.4) is 0 Å². The number of hydrogen-bond donors (Lipinski definition) is 2. The van der Waals surface area contributed by atoms with E-state index in [1.165, 1.54) is 35.2 Å². The molecule has 1 aromatic heterocycles. The van der Waals surface area contributed by atoms with Crippen molar-refractivity contribution in [1.29, 1.82) is 0 Å². The quantitative estimate of drug-likeness (QED) is 0.415. The number of carbonyl (C=O) groups excluding carboxylic acids is 1. The minimum absolute atomic E-state index is 0.00860. The highest BCUT2D eigenvalue weighted by Gasteiger charge is 2.45. The summed E-state index contributed by atoms with van der Waals surface area (Å²) in [5, 5.41) is 20.9. The fourth-order valence-electron chi connectivity index (χ4n) is 4.27. The van der Waals surface area contributed by atoms with Crippen LogP contribution >= 0.6 is 23.1 Å². The van der Waals surface area contributed by atoms with Crippen molar-refractivity contribution >= 4 is 29.1 Å². The minimum Gasteiger partial charge on any atom is -0.511 e. The van der Waals surface area contributed by atoms with E-state index in [-0.39, 0.29) is 40.8 Å². The third-order valence-electron chi connectivity index (χ3n) is 6.29. The van der Waals surface area contributed by atoms with Crippen LogP contribution in [0.1, 0.15) is 69.0 Å². The average Bonchev–Trinajstić information content (AvgIpc) is 3.05. The van der Waals surface area contributed by atoms with Crippen LogP contribution in [0, 0.1) is 18.7 Å². The summed E-state index contributed by atoms with van der Waals surface area (Å²) in [5.74, 6) is -0.773. The summed E-state index contributed by atoms with van der Waals surface area (Å²) in [6.07, 6.45) is 1.38. The zero-order valence-electron chi connectivity index (χ0n) is 20.1. The Morgan fingerprint density at radius 3 is 2.39 bits per heavy atom. The Kier molecular flexibility index (Phi) is 7.66. The lowest BCUT2D eigenvalue weighted by atomic mass is 9.80. The molecule has 0 aliphatic carbocycles. The average molecular weight is 493 g/mol. The lowest BCUT2D eigenvalue weighted by Crippen LogP contribution is -2.44. The minimum atomic E-state index is -0.825. The smallest absolute Gasteiger partial charge is 0.349 e. The number of ether oxygens (including phenoxy) is 1. The number of aliphatic hydroxyl groups excluding tert-OH is 2. The van der Waals surface area contributed by atoms with Gasteiger partial charge < -0.3 is 14.9 Å². The first-order chi connectivity index (χ1) is 15.4. The van der Waals surface area contributed by atoms with Gasteiger partial charge in [-0.15, -0.1) is 11.3 Å². The van der Waals surface area contributed by atoms with E-state index >= 15 is 0 Å². The van der Waals surface area contributed by atoms with Crippen LogP contribution in [-0.4, -0.2) is 21.8 Å². The molecule has 1 aromatic carbocycles. The zero-order valence-corrected chi connectivity index (χ0v) is 21.8. The van der Waals surface area contributed by atoms with Gasteiger partial charge >= 0.3 is 5.97 Å². The molecule has 180 valence electrons. The molecule has 4 nitrogen and oxygen atoms in total. The Morgan fingerprint density at radius 1 is 1.24 bits per heavy atom. The number of cyclic esters (lactones) is 1. The van der Waals surface area contributed by atoms with Gasteiger partial charge in [0.05, 0.1) is 10.8 Å². The summed E-state index contributed by atoms with van der Waals surface area (Å²) < 4.78 is 20.2. The van der Waals surface area contributed by atoms with Crippen molar-refractivity contribution in [3.8, 4) is 0 Å². The van der Waals surface area contributed by atoms with Crippen molar-refractivity contribution in [3.05, 3.63) is 62.3 Å². The number of halogens is 1. The van der Waals surface area contributed by atoms with Gasteiger partial charge in [0.2, 0.25) is 0 Å². The highest BCUT2D eigenvalue weighted by Crippen LogP contribution is 2.48. The van der Waals surface area contributed by atoms with E-state index in [1.807, 2.05) is 20.8 Å².